The number of nitrogens with zero attached hydrogens (tertiary/aromatic N) is 1. The van der Waals surface area contributed by atoms with Gasteiger partial charge in [0, 0.05) is 12.5 Å². The highest BCUT2D eigenvalue weighted by Gasteiger charge is 2.50. The first kappa shape index (κ1) is 19.6. The van der Waals surface area contributed by atoms with Gasteiger partial charge in [-0.05, 0) is 37.0 Å². The number of amides is 1. The Morgan fingerprint density at radius 3 is 2.30 bits per heavy atom. The second kappa shape index (κ2) is 7.84. The molecule has 1 saturated heterocycles. The number of hydrogen-bond donors (Lipinski definition) is 1. The molecule has 2 aliphatic rings. The fourth-order valence-electron chi connectivity index (χ4n) is 4.69. The first-order chi connectivity index (χ1) is 13.0. The molecule has 0 aromatic heterocycles. The number of hydrogen-bond acceptors (Lipinski definition) is 6. The zero-order valence-electron chi connectivity index (χ0n) is 16.5. The Bertz CT molecular complexity index is 668. The van der Waals surface area contributed by atoms with E-state index in [2.05, 4.69) is 0 Å². The van der Waals surface area contributed by atoms with E-state index in [1.807, 2.05) is 12.1 Å². The van der Waals surface area contributed by atoms with Crippen molar-refractivity contribution in [1.82, 2.24) is 4.90 Å². The van der Waals surface area contributed by atoms with Gasteiger partial charge in [0.15, 0.2) is 11.5 Å². The third kappa shape index (κ3) is 3.40. The molecule has 1 heterocycles. The molecule has 27 heavy (non-hydrogen) atoms. The number of rotatable bonds is 4. The van der Waals surface area contributed by atoms with Crippen molar-refractivity contribution in [2.24, 2.45) is 5.92 Å². The van der Waals surface area contributed by atoms with Gasteiger partial charge in [-0.3, -0.25) is 0 Å². The van der Waals surface area contributed by atoms with Crippen molar-refractivity contribution in [3.8, 4) is 17.2 Å². The van der Waals surface area contributed by atoms with Crippen LogP contribution in [0.5, 0.6) is 17.2 Å². The van der Waals surface area contributed by atoms with E-state index < -0.39 is 5.60 Å². The Morgan fingerprint density at radius 1 is 1.07 bits per heavy atom. The lowest BCUT2D eigenvalue weighted by molar-refractivity contribution is -0.117. The van der Waals surface area contributed by atoms with Crippen LogP contribution < -0.4 is 14.2 Å². The third-order valence-electron chi connectivity index (χ3n) is 6.01. The van der Waals surface area contributed by atoms with Crippen molar-refractivity contribution >= 4 is 6.09 Å². The smallest absolute Gasteiger partial charge is 0.410 e. The maximum Gasteiger partial charge on any atom is 0.410 e. The number of benzene rings is 1. The van der Waals surface area contributed by atoms with Gasteiger partial charge in [0.1, 0.15) is 0 Å². The lowest BCUT2D eigenvalue weighted by atomic mass is 9.66. The Morgan fingerprint density at radius 2 is 1.74 bits per heavy atom. The minimum atomic E-state index is -0.770. The second-order valence-corrected chi connectivity index (χ2v) is 7.27. The number of carbonyl (C=O) groups excluding carboxylic acids is 1. The molecule has 0 unspecified atom stereocenters. The van der Waals surface area contributed by atoms with Gasteiger partial charge >= 0.3 is 6.09 Å². The predicted molar refractivity (Wildman–Crippen MR) is 99.5 cm³/mol. The molecule has 1 aliphatic heterocycles. The van der Waals surface area contributed by atoms with Gasteiger partial charge in [0.2, 0.25) is 5.75 Å². The number of carbonyl (C=O) groups is 1. The highest BCUT2D eigenvalue weighted by atomic mass is 16.5. The van der Waals surface area contributed by atoms with Crippen LogP contribution in [0.3, 0.4) is 0 Å². The summed E-state index contributed by atoms with van der Waals surface area (Å²) in [6.45, 7) is 0.445. The maximum atomic E-state index is 12.5. The number of likely N-dealkylation sites (tertiary alicyclic amines) is 1. The first-order valence-corrected chi connectivity index (χ1v) is 9.36. The van der Waals surface area contributed by atoms with Crippen molar-refractivity contribution in [3.63, 3.8) is 0 Å². The molecule has 150 valence electrons. The molecular formula is C20H29NO6. The molecule has 1 amide bonds. The summed E-state index contributed by atoms with van der Waals surface area (Å²) in [5.74, 6) is 1.49. The van der Waals surface area contributed by atoms with Crippen LogP contribution in [0.15, 0.2) is 12.1 Å². The van der Waals surface area contributed by atoms with Crippen LogP contribution in [0.1, 0.15) is 43.7 Å². The van der Waals surface area contributed by atoms with E-state index in [0.29, 0.717) is 30.2 Å². The molecule has 0 spiro atoms. The van der Waals surface area contributed by atoms with Crippen LogP contribution in [0.2, 0.25) is 0 Å². The summed E-state index contributed by atoms with van der Waals surface area (Å²) in [7, 11) is 6.07. The zero-order chi connectivity index (χ0) is 19.6. The number of aliphatic hydroxyl groups is 1. The molecular weight excluding hydrogens is 350 g/mol. The summed E-state index contributed by atoms with van der Waals surface area (Å²) in [5.41, 5.74) is 0.0771. The van der Waals surface area contributed by atoms with E-state index in [1.54, 1.807) is 26.2 Å². The van der Waals surface area contributed by atoms with Crippen LogP contribution in [0.25, 0.3) is 0 Å². The van der Waals surface area contributed by atoms with Crippen molar-refractivity contribution in [2.75, 3.05) is 35.0 Å². The highest BCUT2D eigenvalue weighted by molar-refractivity contribution is 5.69. The molecule has 3 atom stereocenters. The Balaban J connectivity index is 2.12. The minimum Gasteiger partial charge on any atom is -0.493 e. The number of methoxy groups -OCH3 is 4. The molecule has 3 rings (SSSR count). The molecule has 1 aromatic carbocycles. The van der Waals surface area contributed by atoms with Gasteiger partial charge in [0.05, 0.1) is 40.1 Å². The summed E-state index contributed by atoms with van der Waals surface area (Å²) in [6, 6.07) is 3.41. The SMILES string of the molecule is COC(=O)N1CC[C@]2(O)CCCC[C@H]2[C@H]1c1cc(OC)c(OC)c(OC)c1. The second-order valence-electron chi connectivity index (χ2n) is 7.27. The Kier molecular flexibility index (Phi) is 5.69. The van der Waals surface area contributed by atoms with Gasteiger partial charge in [-0.15, -0.1) is 0 Å². The van der Waals surface area contributed by atoms with Crippen molar-refractivity contribution in [2.45, 2.75) is 43.7 Å². The quantitative estimate of drug-likeness (QED) is 0.866. The summed E-state index contributed by atoms with van der Waals surface area (Å²) in [4.78, 5) is 14.2. The van der Waals surface area contributed by atoms with Crippen molar-refractivity contribution in [3.05, 3.63) is 17.7 Å². The first-order valence-electron chi connectivity index (χ1n) is 9.36. The largest absolute Gasteiger partial charge is 0.493 e. The van der Waals surface area contributed by atoms with Crippen LogP contribution in [-0.4, -0.2) is 56.7 Å². The molecule has 7 heteroatoms. The Hall–Kier alpha value is -2.15. The van der Waals surface area contributed by atoms with Gasteiger partial charge in [0.25, 0.3) is 0 Å². The van der Waals surface area contributed by atoms with Gasteiger partial charge in [-0.2, -0.15) is 0 Å². The van der Waals surface area contributed by atoms with Gasteiger partial charge < -0.3 is 29.0 Å². The number of piperidine rings is 1. The fourth-order valence-corrected chi connectivity index (χ4v) is 4.69. The normalized spacial score (nSPS) is 27.5. The van der Waals surface area contributed by atoms with Gasteiger partial charge in [-0.1, -0.05) is 12.8 Å². The topological polar surface area (TPSA) is 77.5 Å². The summed E-state index contributed by atoms with van der Waals surface area (Å²) >= 11 is 0. The molecule has 1 N–H and O–H groups in total. The predicted octanol–water partition coefficient (Wildman–Crippen LogP) is 3.15. The lowest BCUT2D eigenvalue weighted by Gasteiger charge is -2.52. The molecule has 7 nitrogen and oxygen atoms in total. The fraction of sp³-hybridized carbons (Fsp3) is 0.650. The average Bonchev–Trinajstić information content (AvgIpc) is 2.70. The van der Waals surface area contributed by atoms with Crippen molar-refractivity contribution in [1.29, 1.82) is 0 Å². The standard InChI is InChI=1S/C20H29NO6/c1-24-15-11-13(12-16(25-2)18(15)26-3)17-14-7-5-6-8-20(14,23)9-10-21(17)19(22)27-4/h11-12,14,17,23H,5-10H2,1-4H3/t14-,17+,20+/m0/s1. The minimum absolute atomic E-state index is 0.0677. The number of ether oxygens (including phenoxy) is 4. The van der Waals surface area contributed by atoms with Crippen LogP contribution in [0, 0.1) is 5.92 Å². The molecule has 1 saturated carbocycles. The molecule has 1 aliphatic carbocycles. The van der Waals surface area contributed by atoms with Crippen LogP contribution in [-0.2, 0) is 4.74 Å². The van der Waals surface area contributed by atoms with Crippen LogP contribution in [0.4, 0.5) is 4.79 Å². The van der Waals surface area contributed by atoms with E-state index in [1.165, 1.54) is 7.11 Å². The van der Waals surface area contributed by atoms with E-state index in [4.69, 9.17) is 18.9 Å². The van der Waals surface area contributed by atoms with Crippen LogP contribution >= 0.6 is 0 Å². The highest BCUT2D eigenvalue weighted by Crippen LogP contribution is 2.51. The van der Waals surface area contributed by atoms with E-state index >= 15 is 0 Å². The van der Waals surface area contributed by atoms with Crippen molar-refractivity contribution < 1.29 is 28.8 Å². The summed E-state index contributed by atoms with van der Waals surface area (Å²) in [5, 5.41) is 11.3. The third-order valence-corrected chi connectivity index (χ3v) is 6.01. The zero-order valence-corrected chi connectivity index (χ0v) is 16.5. The lowest BCUT2D eigenvalue weighted by Crippen LogP contribution is -2.56. The average molecular weight is 379 g/mol. The monoisotopic (exact) mass is 379 g/mol. The van der Waals surface area contributed by atoms with E-state index in [-0.39, 0.29) is 18.1 Å². The number of fused-ring (bicyclic) bond motifs is 1. The molecule has 1 aromatic rings. The van der Waals surface area contributed by atoms with Gasteiger partial charge in [-0.25, -0.2) is 4.79 Å². The van der Waals surface area contributed by atoms with E-state index in [9.17, 15) is 9.90 Å². The molecule has 0 radical (unpaired) electrons. The molecule has 2 fully saturated rings. The molecule has 0 bridgehead atoms. The summed E-state index contributed by atoms with van der Waals surface area (Å²) in [6.07, 6.45) is 3.82. The summed E-state index contributed by atoms with van der Waals surface area (Å²) < 4.78 is 21.4. The Labute approximate surface area is 160 Å². The van der Waals surface area contributed by atoms with E-state index in [0.717, 1.165) is 31.2 Å². The maximum absolute atomic E-state index is 12.5.